The number of ether oxygens (including phenoxy) is 1. The number of aliphatic hydroxyl groups is 2. The van der Waals surface area contributed by atoms with Gasteiger partial charge in [-0.05, 0) is 96.3 Å². The van der Waals surface area contributed by atoms with Crippen molar-refractivity contribution in [1.29, 1.82) is 0 Å². The summed E-state index contributed by atoms with van der Waals surface area (Å²) in [5.74, 6) is -0.0851. The molecule has 74 heavy (non-hydrogen) atoms. The molecule has 2 atom stereocenters. The molecule has 0 rings (SSSR count). The number of unbranched alkanes of at least 4 members (excludes halogenated alkanes) is 41. The minimum Gasteiger partial charge on any atom is -0.466 e. The van der Waals surface area contributed by atoms with Crippen molar-refractivity contribution in [2.24, 2.45) is 0 Å². The molecule has 0 aromatic rings. The fourth-order valence-electron chi connectivity index (χ4n) is 9.75. The molecule has 0 aromatic heterocycles. The van der Waals surface area contributed by atoms with Gasteiger partial charge in [0.05, 0.1) is 25.4 Å². The Balaban J connectivity index is 3.49. The largest absolute Gasteiger partial charge is 0.466 e. The van der Waals surface area contributed by atoms with Gasteiger partial charge in [0, 0.05) is 12.8 Å². The minimum absolute atomic E-state index is 0.00787. The Kier molecular flexibility index (Phi) is 61.0. The first-order valence-corrected chi connectivity index (χ1v) is 32.6. The average molecular weight is 1040 g/mol. The smallest absolute Gasteiger partial charge is 0.305 e. The van der Waals surface area contributed by atoms with E-state index in [1.54, 1.807) is 6.08 Å². The van der Waals surface area contributed by atoms with E-state index >= 15 is 0 Å². The maximum absolute atomic E-state index is 12.5. The molecule has 0 bridgehead atoms. The molecule has 0 heterocycles. The van der Waals surface area contributed by atoms with E-state index in [0.717, 1.165) is 70.6 Å². The first kappa shape index (κ1) is 71.6. The topological polar surface area (TPSA) is 95.9 Å². The van der Waals surface area contributed by atoms with Crippen molar-refractivity contribution in [1.82, 2.24) is 5.32 Å². The second-order valence-electron chi connectivity index (χ2n) is 22.1. The second kappa shape index (κ2) is 63.1. The molecule has 0 spiro atoms. The zero-order chi connectivity index (χ0) is 53.6. The number of hydrogen-bond acceptors (Lipinski definition) is 5. The first-order valence-electron chi connectivity index (χ1n) is 32.6. The van der Waals surface area contributed by atoms with Crippen LogP contribution >= 0.6 is 0 Å². The Morgan fingerprint density at radius 2 is 0.676 bits per heavy atom. The standard InChI is InChI=1S/C68H125NO5/c1-3-5-7-9-11-13-15-17-19-20-26-29-33-36-40-44-48-52-56-60-66(71)65(64-70)69-67(72)61-57-53-49-45-41-37-34-30-27-24-22-21-23-25-28-31-35-39-43-47-51-55-59-63-74-68(73)62-58-54-50-46-42-38-32-18-16-14-12-10-8-6-4-2/h12,14,18,21,23-24,27,32,56,60,65-66,70-71H,3-11,13,15-17,19-20,22,25-26,28-31,33-55,57-59,61-64H2,1-2H3,(H,69,72)/b14-12-,23-21-,27-24-,32-18-,60-56+. The van der Waals surface area contributed by atoms with E-state index < -0.39 is 12.1 Å². The van der Waals surface area contributed by atoms with E-state index in [9.17, 15) is 19.8 Å². The van der Waals surface area contributed by atoms with Crippen LogP contribution in [0.25, 0.3) is 0 Å². The summed E-state index contributed by atoms with van der Waals surface area (Å²) in [4.78, 5) is 24.5. The van der Waals surface area contributed by atoms with Crippen molar-refractivity contribution in [3.63, 3.8) is 0 Å². The molecule has 0 saturated carbocycles. The van der Waals surface area contributed by atoms with Gasteiger partial charge in [0.2, 0.25) is 5.91 Å². The number of amides is 1. The van der Waals surface area contributed by atoms with Gasteiger partial charge in [-0.15, -0.1) is 0 Å². The lowest BCUT2D eigenvalue weighted by Crippen LogP contribution is -2.45. The van der Waals surface area contributed by atoms with Crippen molar-refractivity contribution >= 4 is 11.9 Å². The lowest BCUT2D eigenvalue weighted by Gasteiger charge is -2.20. The second-order valence-corrected chi connectivity index (χ2v) is 22.1. The van der Waals surface area contributed by atoms with Gasteiger partial charge >= 0.3 is 5.97 Å². The maximum atomic E-state index is 12.5. The van der Waals surface area contributed by atoms with Gasteiger partial charge in [0.25, 0.3) is 0 Å². The van der Waals surface area contributed by atoms with Gasteiger partial charge in [-0.25, -0.2) is 0 Å². The van der Waals surface area contributed by atoms with E-state index in [-0.39, 0.29) is 18.5 Å². The molecule has 432 valence electrons. The van der Waals surface area contributed by atoms with Crippen molar-refractivity contribution in [2.75, 3.05) is 13.2 Å². The maximum Gasteiger partial charge on any atom is 0.305 e. The number of allylic oxidation sites excluding steroid dienone is 9. The Morgan fingerprint density at radius 3 is 1.05 bits per heavy atom. The van der Waals surface area contributed by atoms with Crippen molar-refractivity contribution in [2.45, 2.75) is 347 Å². The summed E-state index contributed by atoms with van der Waals surface area (Å²) in [5.41, 5.74) is 0. The SMILES string of the molecule is CCCCC/C=C\C/C=C\CCCCCCCC(=O)OCCCCCCCCCCC/C=C\C/C=C\CCCCCCCCCC(=O)NC(CO)C(O)/C=C/CCCCCCCCCCCCCCCCCCC. The van der Waals surface area contributed by atoms with Crippen molar-refractivity contribution in [3.05, 3.63) is 60.8 Å². The number of carbonyl (C=O) groups excluding carboxylic acids is 2. The van der Waals surface area contributed by atoms with Gasteiger partial charge < -0.3 is 20.3 Å². The van der Waals surface area contributed by atoms with Crippen LogP contribution < -0.4 is 5.32 Å². The molecule has 0 aliphatic heterocycles. The number of nitrogens with one attached hydrogen (secondary N) is 1. The zero-order valence-electron chi connectivity index (χ0n) is 49.3. The average Bonchev–Trinajstić information content (AvgIpc) is 3.40. The summed E-state index contributed by atoms with van der Waals surface area (Å²) in [5, 5.41) is 23.2. The summed E-state index contributed by atoms with van der Waals surface area (Å²) in [6, 6.07) is -0.638. The molecule has 0 aliphatic carbocycles. The zero-order valence-corrected chi connectivity index (χ0v) is 49.3. The molecule has 6 heteroatoms. The third-order valence-corrected chi connectivity index (χ3v) is 14.8. The molecule has 6 nitrogen and oxygen atoms in total. The van der Waals surface area contributed by atoms with Crippen molar-refractivity contribution < 1.29 is 24.5 Å². The number of esters is 1. The van der Waals surface area contributed by atoms with E-state index in [1.165, 1.54) is 238 Å². The van der Waals surface area contributed by atoms with Gasteiger partial charge in [-0.2, -0.15) is 0 Å². The highest BCUT2D eigenvalue weighted by Crippen LogP contribution is 2.17. The Labute approximate surface area is 460 Å². The van der Waals surface area contributed by atoms with Crippen LogP contribution in [0.15, 0.2) is 60.8 Å². The highest BCUT2D eigenvalue weighted by molar-refractivity contribution is 5.76. The van der Waals surface area contributed by atoms with Crippen LogP contribution in [-0.4, -0.2) is 47.4 Å². The van der Waals surface area contributed by atoms with Gasteiger partial charge in [-0.1, -0.05) is 286 Å². The minimum atomic E-state index is -0.853. The van der Waals surface area contributed by atoms with Crippen LogP contribution in [0.1, 0.15) is 335 Å². The van der Waals surface area contributed by atoms with Crippen LogP contribution in [0.4, 0.5) is 0 Å². The molecular formula is C68H125NO5. The molecular weight excluding hydrogens is 911 g/mol. The summed E-state index contributed by atoms with van der Waals surface area (Å²) >= 11 is 0. The van der Waals surface area contributed by atoms with E-state index in [4.69, 9.17) is 4.74 Å². The van der Waals surface area contributed by atoms with E-state index in [2.05, 4.69) is 67.8 Å². The Bertz CT molecular complexity index is 1290. The molecule has 1 amide bonds. The van der Waals surface area contributed by atoms with Crippen LogP contribution in [-0.2, 0) is 14.3 Å². The molecule has 0 aromatic carbocycles. The van der Waals surface area contributed by atoms with E-state index in [1.807, 2.05) is 6.08 Å². The van der Waals surface area contributed by atoms with Crippen LogP contribution in [0.2, 0.25) is 0 Å². The molecule has 3 N–H and O–H groups in total. The highest BCUT2D eigenvalue weighted by atomic mass is 16.5. The summed E-state index contributed by atoms with van der Waals surface area (Å²) in [6.45, 7) is 4.87. The Morgan fingerprint density at radius 1 is 0.378 bits per heavy atom. The molecule has 2 unspecified atom stereocenters. The third-order valence-electron chi connectivity index (χ3n) is 14.8. The van der Waals surface area contributed by atoms with Crippen LogP contribution in [0.3, 0.4) is 0 Å². The van der Waals surface area contributed by atoms with Gasteiger partial charge in [0.15, 0.2) is 0 Å². The van der Waals surface area contributed by atoms with Crippen molar-refractivity contribution in [3.8, 4) is 0 Å². The summed E-state index contributed by atoms with van der Waals surface area (Å²) < 4.78 is 5.47. The predicted molar refractivity (Wildman–Crippen MR) is 324 cm³/mol. The molecule has 0 saturated heterocycles. The van der Waals surface area contributed by atoms with Gasteiger partial charge in [-0.3, -0.25) is 9.59 Å². The number of aliphatic hydroxyl groups excluding tert-OH is 2. The molecule has 0 radical (unpaired) electrons. The number of hydrogen-bond donors (Lipinski definition) is 3. The monoisotopic (exact) mass is 1040 g/mol. The van der Waals surface area contributed by atoms with Crippen LogP contribution in [0.5, 0.6) is 0 Å². The highest BCUT2D eigenvalue weighted by Gasteiger charge is 2.18. The normalized spacial score (nSPS) is 13.0. The quantitative estimate of drug-likeness (QED) is 0.0320. The summed E-state index contributed by atoms with van der Waals surface area (Å²) in [7, 11) is 0. The summed E-state index contributed by atoms with van der Waals surface area (Å²) in [6.07, 6.45) is 82.6. The fraction of sp³-hybridized carbons (Fsp3) is 0.824. The van der Waals surface area contributed by atoms with E-state index in [0.29, 0.717) is 19.4 Å². The molecule has 0 aliphatic rings. The first-order chi connectivity index (χ1) is 36.5. The lowest BCUT2D eigenvalue weighted by molar-refractivity contribution is -0.143. The van der Waals surface area contributed by atoms with Gasteiger partial charge in [0.1, 0.15) is 0 Å². The van der Waals surface area contributed by atoms with Crippen LogP contribution in [0, 0.1) is 0 Å². The molecule has 0 fully saturated rings. The third kappa shape index (κ3) is 58.8. The fourth-order valence-corrected chi connectivity index (χ4v) is 9.75. The number of carbonyl (C=O) groups is 2. The Hall–Kier alpha value is -2.44. The predicted octanol–water partition coefficient (Wildman–Crippen LogP) is 20.7. The lowest BCUT2D eigenvalue weighted by atomic mass is 10.0. The number of rotatable bonds is 60.